The third-order valence-corrected chi connectivity index (χ3v) is 5.95. The lowest BCUT2D eigenvalue weighted by molar-refractivity contribution is -0.116. The first-order chi connectivity index (χ1) is 15.5. The summed E-state index contributed by atoms with van der Waals surface area (Å²) < 4.78 is 15.9. The van der Waals surface area contributed by atoms with E-state index < -0.39 is 11.7 Å². The van der Waals surface area contributed by atoms with Gasteiger partial charge < -0.3 is 20.1 Å². The number of aryl methyl sites for hydroxylation is 1. The molecule has 0 saturated carbocycles. The fourth-order valence-corrected chi connectivity index (χ4v) is 4.34. The molecular weight excluding hydrogens is 417 g/mol. The highest BCUT2D eigenvalue weighted by Gasteiger charge is 2.39. The highest BCUT2D eigenvalue weighted by Crippen LogP contribution is 2.26. The summed E-state index contributed by atoms with van der Waals surface area (Å²) >= 11 is 0. The number of rotatable bonds is 5. The topological polar surface area (TPSA) is 114 Å². The molecule has 5 rings (SSSR count). The second kappa shape index (κ2) is 7.83. The molecule has 1 unspecified atom stereocenters. The Morgan fingerprint density at radius 1 is 1.34 bits per heavy atom. The van der Waals surface area contributed by atoms with Crippen molar-refractivity contribution in [2.75, 3.05) is 18.4 Å². The number of anilines is 1. The second-order valence-corrected chi connectivity index (χ2v) is 7.97. The summed E-state index contributed by atoms with van der Waals surface area (Å²) in [6.45, 7) is 3.37. The molecule has 10 nitrogen and oxygen atoms in total. The van der Waals surface area contributed by atoms with Gasteiger partial charge in [-0.1, -0.05) is 6.92 Å². The van der Waals surface area contributed by atoms with Crippen LogP contribution in [0.5, 0.6) is 0 Å². The Morgan fingerprint density at radius 2 is 2.19 bits per heavy atom. The molecule has 2 N–H and O–H groups in total. The summed E-state index contributed by atoms with van der Waals surface area (Å²) in [6, 6.07) is 4.27. The fourth-order valence-electron chi connectivity index (χ4n) is 4.34. The molecule has 2 aliphatic rings. The standard InChI is InChI=1S/C21H22FN7O3/c1-2-13-7-18-28(11-17(30)25-16-4-3-12(22)8-24-16)19-15(20(31)29(18)26-13)10-27(21(19)32)14-5-6-23-9-14/h3-4,7-8,14,23H,2,5-6,9-11H2,1H3,(H,24,25,30). The van der Waals surface area contributed by atoms with Gasteiger partial charge in [0.15, 0.2) is 0 Å². The van der Waals surface area contributed by atoms with Gasteiger partial charge in [0.25, 0.3) is 11.5 Å². The maximum absolute atomic E-state index is 13.4. The van der Waals surface area contributed by atoms with Gasteiger partial charge in [0.2, 0.25) is 5.91 Å². The van der Waals surface area contributed by atoms with Gasteiger partial charge in [-0.2, -0.15) is 9.61 Å². The van der Waals surface area contributed by atoms with Crippen LogP contribution in [0, 0.1) is 5.82 Å². The van der Waals surface area contributed by atoms with Crippen molar-refractivity contribution in [3.8, 4) is 0 Å². The molecule has 2 amide bonds. The van der Waals surface area contributed by atoms with Crippen LogP contribution in [0.2, 0.25) is 0 Å². The Bertz CT molecular complexity index is 1280. The number of nitrogens with zero attached hydrogens (tertiary/aromatic N) is 5. The molecule has 3 aromatic rings. The van der Waals surface area contributed by atoms with Crippen LogP contribution >= 0.6 is 0 Å². The van der Waals surface area contributed by atoms with Crippen molar-refractivity contribution >= 4 is 23.3 Å². The number of carbonyl (C=O) groups is 2. The fraction of sp³-hybridized carbons (Fsp3) is 0.381. The van der Waals surface area contributed by atoms with Gasteiger partial charge >= 0.3 is 0 Å². The summed E-state index contributed by atoms with van der Waals surface area (Å²) in [6.07, 6.45) is 2.42. The van der Waals surface area contributed by atoms with E-state index in [0.29, 0.717) is 29.9 Å². The lowest BCUT2D eigenvalue weighted by Crippen LogP contribution is -2.37. The zero-order chi connectivity index (χ0) is 22.4. The molecule has 11 heteroatoms. The Balaban J connectivity index is 1.56. The van der Waals surface area contributed by atoms with Crippen LogP contribution in [0.1, 0.15) is 35.1 Å². The minimum Gasteiger partial charge on any atom is -0.328 e. The lowest BCUT2D eigenvalue weighted by Gasteiger charge is -2.22. The molecule has 0 bridgehead atoms. The van der Waals surface area contributed by atoms with Crippen LogP contribution in [0.3, 0.4) is 0 Å². The van der Waals surface area contributed by atoms with Gasteiger partial charge in [-0.25, -0.2) is 9.37 Å². The highest BCUT2D eigenvalue weighted by molar-refractivity contribution is 5.98. The molecule has 5 heterocycles. The molecule has 1 atom stereocenters. The van der Waals surface area contributed by atoms with Crippen molar-refractivity contribution in [2.24, 2.45) is 0 Å². The number of hydrogen-bond acceptors (Lipinski definition) is 6. The van der Waals surface area contributed by atoms with Crippen molar-refractivity contribution in [1.29, 1.82) is 0 Å². The van der Waals surface area contributed by atoms with E-state index in [-0.39, 0.29) is 42.1 Å². The number of hydrogen-bond donors (Lipinski definition) is 2. The third kappa shape index (κ3) is 3.34. The van der Waals surface area contributed by atoms with Crippen molar-refractivity contribution in [1.82, 2.24) is 29.4 Å². The van der Waals surface area contributed by atoms with Gasteiger partial charge in [-0.15, -0.1) is 0 Å². The quantitative estimate of drug-likeness (QED) is 0.600. The zero-order valence-corrected chi connectivity index (χ0v) is 17.5. The molecule has 166 valence electrons. The Hall–Kier alpha value is -3.60. The van der Waals surface area contributed by atoms with Crippen molar-refractivity contribution in [3.63, 3.8) is 0 Å². The number of amides is 2. The van der Waals surface area contributed by atoms with E-state index in [0.717, 1.165) is 19.2 Å². The minimum atomic E-state index is -0.513. The molecule has 2 aliphatic heterocycles. The first-order valence-corrected chi connectivity index (χ1v) is 10.5. The van der Waals surface area contributed by atoms with E-state index in [2.05, 4.69) is 20.7 Å². The van der Waals surface area contributed by atoms with Crippen molar-refractivity contribution in [2.45, 2.75) is 38.9 Å². The number of nitrogens with one attached hydrogen (secondary N) is 2. The molecular formula is C21H22FN7O3. The smallest absolute Gasteiger partial charge is 0.280 e. The molecule has 0 spiro atoms. The Morgan fingerprint density at radius 3 is 2.88 bits per heavy atom. The van der Waals surface area contributed by atoms with Crippen LogP contribution in [0.15, 0.2) is 29.2 Å². The van der Waals surface area contributed by atoms with E-state index in [1.165, 1.54) is 16.6 Å². The molecule has 0 radical (unpaired) electrons. The third-order valence-electron chi connectivity index (χ3n) is 5.95. The number of aromatic nitrogens is 4. The van der Waals surface area contributed by atoms with Crippen LogP contribution in [0.25, 0.3) is 5.65 Å². The first-order valence-electron chi connectivity index (χ1n) is 10.5. The molecule has 3 aromatic heterocycles. The molecule has 0 aromatic carbocycles. The highest BCUT2D eigenvalue weighted by atomic mass is 19.1. The average Bonchev–Trinajstić information content (AvgIpc) is 3.51. The number of fused-ring (bicyclic) bond motifs is 2. The zero-order valence-electron chi connectivity index (χ0n) is 17.5. The van der Waals surface area contributed by atoms with Crippen LogP contribution in [-0.4, -0.2) is 55.0 Å². The molecule has 1 fully saturated rings. The summed E-state index contributed by atoms with van der Waals surface area (Å²) in [7, 11) is 0. The summed E-state index contributed by atoms with van der Waals surface area (Å²) in [5.74, 6) is -1.04. The Kier molecular flexibility index (Phi) is 4.97. The maximum atomic E-state index is 13.4. The van der Waals surface area contributed by atoms with Gasteiger partial charge in [0, 0.05) is 18.7 Å². The molecule has 32 heavy (non-hydrogen) atoms. The first kappa shape index (κ1) is 20.3. The summed E-state index contributed by atoms with van der Waals surface area (Å²) in [5, 5.41) is 10.2. The molecule has 1 saturated heterocycles. The van der Waals surface area contributed by atoms with Crippen molar-refractivity contribution < 1.29 is 14.0 Å². The van der Waals surface area contributed by atoms with Crippen molar-refractivity contribution in [3.05, 3.63) is 57.5 Å². The van der Waals surface area contributed by atoms with Gasteiger partial charge in [-0.05, 0) is 31.5 Å². The lowest BCUT2D eigenvalue weighted by atomic mass is 10.2. The van der Waals surface area contributed by atoms with E-state index >= 15 is 0 Å². The summed E-state index contributed by atoms with van der Waals surface area (Å²) in [4.78, 5) is 44.9. The van der Waals surface area contributed by atoms with E-state index in [9.17, 15) is 18.8 Å². The van der Waals surface area contributed by atoms with Crippen LogP contribution in [0.4, 0.5) is 10.2 Å². The van der Waals surface area contributed by atoms with Gasteiger partial charge in [0.05, 0.1) is 24.0 Å². The number of halogens is 1. The number of pyridine rings is 1. The van der Waals surface area contributed by atoms with Crippen LogP contribution in [-0.2, 0) is 24.3 Å². The second-order valence-electron chi connectivity index (χ2n) is 7.97. The largest absolute Gasteiger partial charge is 0.328 e. The van der Waals surface area contributed by atoms with E-state index in [4.69, 9.17) is 0 Å². The molecule has 0 aliphatic carbocycles. The predicted molar refractivity (Wildman–Crippen MR) is 113 cm³/mol. The average molecular weight is 439 g/mol. The number of carbonyl (C=O) groups excluding carboxylic acids is 2. The summed E-state index contributed by atoms with van der Waals surface area (Å²) in [5.41, 5.74) is 1.29. The van der Waals surface area contributed by atoms with E-state index in [1.807, 2.05) is 6.92 Å². The minimum absolute atomic E-state index is 0.00137. The maximum Gasteiger partial charge on any atom is 0.280 e. The van der Waals surface area contributed by atoms with Gasteiger partial charge in [-0.3, -0.25) is 14.4 Å². The normalized spacial score (nSPS) is 17.9. The monoisotopic (exact) mass is 439 g/mol. The van der Waals surface area contributed by atoms with Crippen LogP contribution < -0.4 is 16.2 Å². The SMILES string of the molecule is CCc1cc2n(CC(=O)Nc3ccc(F)cn3)c3c(c(=O)n2n1)CN(C1CCNC1)C3=O. The Labute approximate surface area is 182 Å². The van der Waals surface area contributed by atoms with E-state index in [1.54, 1.807) is 15.5 Å². The predicted octanol–water partition coefficient (Wildman–Crippen LogP) is 0.549. The van der Waals surface area contributed by atoms with Gasteiger partial charge in [0.1, 0.15) is 29.5 Å².